The third kappa shape index (κ3) is 5.29. The van der Waals surface area contributed by atoms with Crippen molar-refractivity contribution in [3.63, 3.8) is 0 Å². The van der Waals surface area contributed by atoms with E-state index in [0.29, 0.717) is 32.6 Å². The van der Waals surface area contributed by atoms with E-state index in [4.69, 9.17) is 0 Å². The summed E-state index contributed by atoms with van der Waals surface area (Å²) in [7, 11) is -3.12. The maximum Gasteiger partial charge on any atom is 0.211 e. The highest BCUT2D eigenvalue weighted by Crippen LogP contribution is 2.21. The van der Waals surface area contributed by atoms with Crippen LogP contribution in [0.15, 0.2) is 12.7 Å². The lowest BCUT2D eigenvalue weighted by atomic mass is 9.94. The van der Waals surface area contributed by atoms with Crippen LogP contribution in [0.3, 0.4) is 0 Å². The Balaban J connectivity index is 2.38. The Kier molecular flexibility index (Phi) is 5.98. The number of Topliss-reactive ketones (excluding diaryl/α,β-unsaturated/α-hetero) is 1. The lowest BCUT2D eigenvalue weighted by molar-refractivity contribution is -0.119. The van der Waals surface area contributed by atoms with Gasteiger partial charge in [-0.05, 0) is 18.8 Å². The average Bonchev–Trinajstić information content (AvgIpc) is 2.28. The molecule has 104 valence electrons. The number of nitrogens with zero attached hydrogens (tertiary/aromatic N) is 1. The smallest absolute Gasteiger partial charge is 0.211 e. The van der Waals surface area contributed by atoms with Gasteiger partial charge < -0.3 is 5.32 Å². The molecule has 5 nitrogen and oxygen atoms in total. The summed E-state index contributed by atoms with van der Waals surface area (Å²) < 4.78 is 24.4. The summed E-state index contributed by atoms with van der Waals surface area (Å²) in [4.78, 5) is 11.7. The van der Waals surface area contributed by atoms with Gasteiger partial charge in [-0.25, -0.2) is 12.7 Å². The fourth-order valence-corrected chi connectivity index (χ4v) is 3.14. The number of piperidine rings is 1. The van der Waals surface area contributed by atoms with Crippen LogP contribution in [0.1, 0.15) is 19.3 Å². The molecule has 0 aliphatic carbocycles. The SMILES string of the molecule is C=CCNCC(=O)CC1CCCN(S(C)(=O)=O)C1. The number of nitrogens with one attached hydrogen (secondary N) is 1. The Bertz CT molecular complexity index is 392. The topological polar surface area (TPSA) is 66.5 Å². The van der Waals surface area contributed by atoms with E-state index in [-0.39, 0.29) is 11.7 Å². The molecule has 0 aromatic rings. The zero-order valence-corrected chi connectivity index (χ0v) is 11.7. The normalized spacial score (nSPS) is 21.7. The minimum absolute atomic E-state index is 0.136. The molecule has 1 atom stereocenters. The number of ketones is 1. The van der Waals surface area contributed by atoms with E-state index in [0.717, 1.165) is 12.8 Å². The molecule has 0 bridgehead atoms. The second-order valence-electron chi connectivity index (χ2n) is 4.79. The van der Waals surface area contributed by atoms with E-state index in [1.165, 1.54) is 10.6 Å². The van der Waals surface area contributed by atoms with Crippen molar-refractivity contribution in [1.29, 1.82) is 0 Å². The van der Waals surface area contributed by atoms with E-state index >= 15 is 0 Å². The van der Waals surface area contributed by atoms with Gasteiger partial charge in [0, 0.05) is 26.1 Å². The number of hydrogen-bond acceptors (Lipinski definition) is 4. The van der Waals surface area contributed by atoms with Crippen molar-refractivity contribution in [2.24, 2.45) is 5.92 Å². The van der Waals surface area contributed by atoms with Crippen molar-refractivity contribution in [3.05, 3.63) is 12.7 Å². The van der Waals surface area contributed by atoms with Crippen LogP contribution in [0.5, 0.6) is 0 Å². The maximum absolute atomic E-state index is 11.7. The summed E-state index contributed by atoms with van der Waals surface area (Å²) in [6, 6.07) is 0. The van der Waals surface area contributed by atoms with Gasteiger partial charge in [-0.15, -0.1) is 6.58 Å². The van der Waals surface area contributed by atoms with Crippen LogP contribution in [0.2, 0.25) is 0 Å². The van der Waals surface area contributed by atoms with E-state index < -0.39 is 10.0 Å². The zero-order chi connectivity index (χ0) is 13.6. The molecule has 1 heterocycles. The molecular weight excluding hydrogens is 252 g/mol. The van der Waals surface area contributed by atoms with Crippen molar-refractivity contribution >= 4 is 15.8 Å². The molecule has 1 fully saturated rings. The average molecular weight is 274 g/mol. The highest BCUT2D eigenvalue weighted by Gasteiger charge is 2.26. The summed E-state index contributed by atoms with van der Waals surface area (Å²) in [5, 5.41) is 2.97. The highest BCUT2D eigenvalue weighted by atomic mass is 32.2. The van der Waals surface area contributed by atoms with Crippen LogP contribution in [0, 0.1) is 5.92 Å². The van der Waals surface area contributed by atoms with Gasteiger partial charge in [0.15, 0.2) is 0 Å². The van der Waals surface area contributed by atoms with Crippen molar-refractivity contribution in [3.8, 4) is 0 Å². The maximum atomic E-state index is 11.7. The van der Waals surface area contributed by atoms with Crippen LogP contribution in [-0.4, -0.2) is 50.9 Å². The minimum atomic E-state index is -3.12. The van der Waals surface area contributed by atoms with Gasteiger partial charge in [-0.2, -0.15) is 0 Å². The first-order chi connectivity index (χ1) is 8.43. The molecule has 0 aromatic carbocycles. The molecule has 18 heavy (non-hydrogen) atoms. The Morgan fingerprint density at radius 3 is 2.89 bits per heavy atom. The first-order valence-corrected chi connectivity index (χ1v) is 8.06. The van der Waals surface area contributed by atoms with Crippen LogP contribution in [-0.2, 0) is 14.8 Å². The molecule has 0 amide bonds. The van der Waals surface area contributed by atoms with Crippen molar-refractivity contribution in [2.75, 3.05) is 32.4 Å². The first-order valence-electron chi connectivity index (χ1n) is 6.22. The van der Waals surface area contributed by atoms with Crippen molar-refractivity contribution in [1.82, 2.24) is 9.62 Å². The lowest BCUT2D eigenvalue weighted by Crippen LogP contribution is -2.40. The van der Waals surface area contributed by atoms with Gasteiger partial charge in [-0.1, -0.05) is 6.08 Å². The quantitative estimate of drug-likeness (QED) is 0.539. The molecule has 1 N–H and O–H groups in total. The van der Waals surface area contributed by atoms with Gasteiger partial charge in [0.2, 0.25) is 10.0 Å². The summed E-state index contributed by atoms with van der Waals surface area (Å²) in [5.41, 5.74) is 0. The third-order valence-electron chi connectivity index (χ3n) is 3.08. The molecule has 1 aliphatic rings. The molecule has 0 aromatic heterocycles. The number of sulfonamides is 1. The van der Waals surface area contributed by atoms with Crippen LogP contribution >= 0.6 is 0 Å². The number of hydrogen-bond donors (Lipinski definition) is 1. The monoisotopic (exact) mass is 274 g/mol. The van der Waals surface area contributed by atoms with Gasteiger partial charge in [0.05, 0.1) is 12.8 Å². The molecule has 0 saturated carbocycles. The van der Waals surface area contributed by atoms with Crippen molar-refractivity contribution < 1.29 is 13.2 Å². The van der Waals surface area contributed by atoms with E-state index in [1.807, 2.05) is 0 Å². The van der Waals surface area contributed by atoms with Gasteiger partial charge in [0.1, 0.15) is 5.78 Å². The Morgan fingerprint density at radius 1 is 1.56 bits per heavy atom. The molecule has 0 radical (unpaired) electrons. The Hall–Kier alpha value is -0.720. The van der Waals surface area contributed by atoms with Gasteiger partial charge >= 0.3 is 0 Å². The molecule has 1 saturated heterocycles. The van der Waals surface area contributed by atoms with Gasteiger partial charge in [0.25, 0.3) is 0 Å². The second kappa shape index (κ2) is 7.01. The summed E-state index contributed by atoms with van der Waals surface area (Å²) in [6.07, 6.45) is 5.16. The van der Waals surface area contributed by atoms with Crippen LogP contribution in [0.4, 0.5) is 0 Å². The molecule has 1 aliphatic heterocycles. The highest BCUT2D eigenvalue weighted by molar-refractivity contribution is 7.88. The standard InChI is InChI=1S/C12H22N2O3S/c1-3-6-13-9-12(15)8-11-5-4-7-14(10-11)18(2,16)17/h3,11,13H,1,4-10H2,2H3. The Labute approximate surface area is 109 Å². The number of carbonyl (C=O) groups excluding carboxylic acids is 1. The summed E-state index contributed by atoms with van der Waals surface area (Å²) >= 11 is 0. The number of rotatable bonds is 7. The molecule has 1 unspecified atom stereocenters. The predicted molar refractivity (Wildman–Crippen MR) is 71.8 cm³/mol. The molecule has 6 heteroatoms. The summed E-state index contributed by atoms with van der Waals surface area (Å²) in [5.74, 6) is 0.295. The van der Waals surface area contributed by atoms with E-state index in [9.17, 15) is 13.2 Å². The van der Waals surface area contributed by atoms with Crippen molar-refractivity contribution in [2.45, 2.75) is 19.3 Å². The first kappa shape index (κ1) is 15.3. The lowest BCUT2D eigenvalue weighted by Gasteiger charge is -2.30. The fourth-order valence-electron chi connectivity index (χ4n) is 2.20. The zero-order valence-electron chi connectivity index (χ0n) is 10.9. The summed E-state index contributed by atoms with van der Waals surface area (Å²) in [6.45, 7) is 5.57. The van der Waals surface area contributed by atoms with E-state index in [2.05, 4.69) is 11.9 Å². The fraction of sp³-hybridized carbons (Fsp3) is 0.750. The predicted octanol–water partition coefficient (Wildman–Crippen LogP) is 0.393. The second-order valence-corrected chi connectivity index (χ2v) is 6.77. The molecular formula is C12H22N2O3S. The van der Waals surface area contributed by atoms with Gasteiger partial charge in [-0.3, -0.25) is 4.79 Å². The molecule has 1 rings (SSSR count). The van der Waals surface area contributed by atoms with Crippen LogP contribution < -0.4 is 5.32 Å². The van der Waals surface area contributed by atoms with Crippen LogP contribution in [0.25, 0.3) is 0 Å². The minimum Gasteiger partial charge on any atom is -0.307 e. The molecule has 0 spiro atoms. The Morgan fingerprint density at radius 2 is 2.28 bits per heavy atom. The number of carbonyl (C=O) groups is 1. The largest absolute Gasteiger partial charge is 0.307 e. The third-order valence-corrected chi connectivity index (χ3v) is 4.35. The van der Waals surface area contributed by atoms with E-state index in [1.54, 1.807) is 6.08 Å².